The largest absolute Gasteiger partial charge is 0.490 e. The number of hydrogen-bond acceptors (Lipinski definition) is 5. The highest BCUT2D eigenvalue weighted by Crippen LogP contribution is 2.30. The standard InChI is InChI=1S/C13H16N4O/c1-8(2)18-11-6-4-3-5-9(11)10-7-12(14)17-13(15)16-10/h3-8H,1-2H3,(H4,14,15,16,17). The number of benzene rings is 1. The molecule has 1 heterocycles. The number of anilines is 2. The Labute approximate surface area is 106 Å². The average molecular weight is 244 g/mol. The monoisotopic (exact) mass is 244 g/mol. The number of para-hydroxylation sites is 1. The van der Waals surface area contributed by atoms with E-state index in [4.69, 9.17) is 16.2 Å². The first-order valence-electron chi connectivity index (χ1n) is 5.72. The second kappa shape index (κ2) is 4.91. The van der Waals surface area contributed by atoms with Gasteiger partial charge in [0.1, 0.15) is 11.6 Å². The summed E-state index contributed by atoms with van der Waals surface area (Å²) in [5.74, 6) is 1.26. The van der Waals surface area contributed by atoms with Crippen molar-refractivity contribution in [2.45, 2.75) is 20.0 Å². The molecule has 2 rings (SSSR count). The Morgan fingerprint density at radius 1 is 1.11 bits per heavy atom. The van der Waals surface area contributed by atoms with E-state index in [2.05, 4.69) is 9.97 Å². The zero-order valence-electron chi connectivity index (χ0n) is 10.4. The van der Waals surface area contributed by atoms with Crippen LogP contribution in [-0.4, -0.2) is 16.1 Å². The SMILES string of the molecule is CC(C)Oc1ccccc1-c1cc(N)nc(N)n1. The molecular formula is C13H16N4O. The van der Waals surface area contributed by atoms with E-state index in [1.54, 1.807) is 6.07 Å². The third kappa shape index (κ3) is 2.68. The van der Waals surface area contributed by atoms with E-state index in [0.717, 1.165) is 11.3 Å². The van der Waals surface area contributed by atoms with E-state index in [1.165, 1.54) is 0 Å². The van der Waals surface area contributed by atoms with Gasteiger partial charge in [0.05, 0.1) is 11.8 Å². The van der Waals surface area contributed by atoms with Crippen molar-refractivity contribution in [2.24, 2.45) is 0 Å². The first-order valence-corrected chi connectivity index (χ1v) is 5.72. The lowest BCUT2D eigenvalue weighted by atomic mass is 10.1. The van der Waals surface area contributed by atoms with E-state index in [0.29, 0.717) is 11.5 Å². The van der Waals surface area contributed by atoms with Gasteiger partial charge in [-0.3, -0.25) is 0 Å². The highest BCUT2D eigenvalue weighted by molar-refractivity contribution is 5.69. The third-order valence-electron chi connectivity index (χ3n) is 2.29. The maximum absolute atomic E-state index is 5.74. The van der Waals surface area contributed by atoms with Gasteiger partial charge in [-0.1, -0.05) is 12.1 Å². The van der Waals surface area contributed by atoms with Gasteiger partial charge >= 0.3 is 0 Å². The molecule has 0 unspecified atom stereocenters. The second-order valence-corrected chi connectivity index (χ2v) is 4.20. The first kappa shape index (κ1) is 12.2. The molecule has 18 heavy (non-hydrogen) atoms. The molecule has 0 atom stereocenters. The van der Waals surface area contributed by atoms with Crippen LogP contribution in [0.3, 0.4) is 0 Å². The van der Waals surface area contributed by atoms with Crippen molar-refractivity contribution in [1.29, 1.82) is 0 Å². The first-order chi connectivity index (χ1) is 8.56. The molecule has 0 radical (unpaired) electrons. The van der Waals surface area contributed by atoms with Crippen LogP contribution in [0.4, 0.5) is 11.8 Å². The van der Waals surface area contributed by atoms with Gasteiger partial charge < -0.3 is 16.2 Å². The van der Waals surface area contributed by atoms with Crippen molar-refractivity contribution in [2.75, 3.05) is 11.5 Å². The van der Waals surface area contributed by atoms with Crippen LogP contribution in [-0.2, 0) is 0 Å². The number of nitrogen functional groups attached to an aromatic ring is 2. The number of nitrogens with two attached hydrogens (primary N) is 2. The van der Waals surface area contributed by atoms with Gasteiger partial charge in [-0.25, -0.2) is 4.98 Å². The lowest BCUT2D eigenvalue weighted by Gasteiger charge is -2.14. The van der Waals surface area contributed by atoms with Crippen LogP contribution in [0, 0.1) is 0 Å². The normalized spacial score (nSPS) is 10.6. The fourth-order valence-electron chi connectivity index (χ4n) is 1.66. The summed E-state index contributed by atoms with van der Waals surface area (Å²) in [6.45, 7) is 3.94. The van der Waals surface area contributed by atoms with Crippen LogP contribution in [0.1, 0.15) is 13.8 Å². The van der Waals surface area contributed by atoms with Gasteiger partial charge in [0.15, 0.2) is 0 Å². The summed E-state index contributed by atoms with van der Waals surface area (Å²) in [6.07, 6.45) is 0.0858. The average Bonchev–Trinajstić information content (AvgIpc) is 2.27. The van der Waals surface area contributed by atoms with Crippen LogP contribution >= 0.6 is 0 Å². The number of aromatic nitrogens is 2. The molecule has 0 saturated carbocycles. The van der Waals surface area contributed by atoms with Crippen molar-refractivity contribution >= 4 is 11.8 Å². The molecule has 0 aliphatic rings. The third-order valence-corrected chi connectivity index (χ3v) is 2.29. The van der Waals surface area contributed by atoms with Gasteiger partial charge in [-0.2, -0.15) is 4.98 Å². The molecule has 0 spiro atoms. The van der Waals surface area contributed by atoms with E-state index < -0.39 is 0 Å². The molecule has 2 aromatic rings. The quantitative estimate of drug-likeness (QED) is 0.863. The Kier molecular flexibility index (Phi) is 3.32. The van der Waals surface area contributed by atoms with Crippen molar-refractivity contribution < 1.29 is 4.74 Å². The summed E-state index contributed by atoms with van der Waals surface area (Å²) in [6, 6.07) is 9.31. The van der Waals surface area contributed by atoms with Crippen LogP contribution in [0.5, 0.6) is 5.75 Å². The van der Waals surface area contributed by atoms with E-state index in [-0.39, 0.29) is 12.1 Å². The van der Waals surface area contributed by atoms with Crippen LogP contribution in [0.2, 0.25) is 0 Å². The molecule has 0 aliphatic heterocycles. The number of nitrogens with zero attached hydrogens (tertiary/aromatic N) is 2. The fraction of sp³-hybridized carbons (Fsp3) is 0.231. The summed E-state index contributed by atoms with van der Waals surface area (Å²) in [4.78, 5) is 8.03. The smallest absolute Gasteiger partial charge is 0.222 e. The Hall–Kier alpha value is -2.30. The molecule has 0 amide bonds. The van der Waals surface area contributed by atoms with Crippen molar-refractivity contribution in [3.05, 3.63) is 30.3 Å². The Morgan fingerprint density at radius 3 is 2.50 bits per heavy atom. The molecule has 0 saturated heterocycles. The van der Waals surface area contributed by atoms with Gasteiger partial charge in [-0.15, -0.1) is 0 Å². The van der Waals surface area contributed by atoms with Gasteiger partial charge in [0, 0.05) is 11.6 Å². The number of ether oxygens (including phenoxy) is 1. The molecule has 5 heteroatoms. The van der Waals surface area contributed by atoms with Crippen molar-refractivity contribution in [3.8, 4) is 17.0 Å². The highest BCUT2D eigenvalue weighted by atomic mass is 16.5. The minimum atomic E-state index is 0.0858. The fourth-order valence-corrected chi connectivity index (χ4v) is 1.66. The summed E-state index contributed by atoms with van der Waals surface area (Å²) in [5, 5.41) is 0. The molecule has 4 N–H and O–H groups in total. The molecule has 1 aromatic heterocycles. The van der Waals surface area contributed by atoms with Crippen molar-refractivity contribution in [1.82, 2.24) is 9.97 Å². The number of hydrogen-bond donors (Lipinski definition) is 2. The molecule has 0 fully saturated rings. The summed E-state index contributed by atoms with van der Waals surface area (Å²) in [7, 11) is 0. The molecule has 5 nitrogen and oxygen atoms in total. The predicted molar refractivity (Wildman–Crippen MR) is 72.1 cm³/mol. The van der Waals surface area contributed by atoms with E-state index >= 15 is 0 Å². The molecule has 94 valence electrons. The van der Waals surface area contributed by atoms with Crippen molar-refractivity contribution in [3.63, 3.8) is 0 Å². The maximum atomic E-state index is 5.74. The lowest BCUT2D eigenvalue weighted by Crippen LogP contribution is -2.07. The predicted octanol–water partition coefficient (Wildman–Crippen LogP) is 2.10. The highest BCUT2D eigenvalue weighted by Gasteiger charge is 2.10. The zero-order chi connectivity index (χ0) is 13.1. The van der Waals surface area contributed by atoms with Crippen LogP contribution in [0.15, 0.2) is 30.3 Å². The summed E-state index contributed by atoms with van der Waals surface area (Å²) >= 11 is 0. The van der Waals surface area contributed by atoms with Gasteiger partial charge in [0.2, 0.25) is 5.95 Å². The molecule has 0 aliphatic carbocycles. The Morgan fingerprint density at radius 2 is 1.83 bits per heavy atom. The second-order valence-electron chi connectivity index (χ2n) is 4.20. The van der Waals surface area contributed by atoms with Gasteiger partial charge in [-0.05, 0) is 26.0 Å². The minimum Gasteiger partial charge on any atom is -0.490 e. The van der Waals surface area contributed by atoms with Crippen LogP contribution in [0.25, 0.3) is 11.3 Å². The number of rotatable bonds is 3. The van der Waals surface area contributed by atoms with E-state index in [1.807, 2.05) is 38.1 Å². The van der Waals surface area contributed by atoms with Crippen LogP contribution < -0.4 is 16.2 Å². The van der Waals surface area contributed by atoms with Gasteiger partial charge in [0.25, 0.3) is 0 Å². The molecule has 1 aromatic carbocycles. The van der Waals surface area contributed by atoms with E-state index in [9.17, 15) is 0 Å². The summed E-state index contributed by atoms with van der Waals surface area (Å²) < 4.78 is 5.74. The Bertz CT molecular complexity index is 534. The minimum absolute atomic E-state index is 0.0858. The zero-order valence-corrected chi connectivity index (χ0v) is 10.4. The summed E-state index contributed by atoms with van der Waals surface area (Å²) in [5.41, 5.74) is 12.8. The molecular weight excluding hydrogens is 228 g/mol. The maximum Gasteiger partial charge on any atom is 0.222 e. The lowest BCUT2D eigenvalue weighted by molar-refractivity contribution is 0.243. The Balaban J connectivity index is 2.49. The topological polar surface area (TPSA) is 87.0 Å². The molecule has 0 bridgehead atoms.